The molecule has 0 fully saturated rings. The van der Waals surface area contributed by atoms with Crippen LogP contribution in [0.4, 0.5) is 0 Å². The number of aliphatic carboxylic acids is 1. The van der Waals surface area contributed by atoms with Gasteiger partial charge in [-0.1, -0.05) is 0 Å². The monoisotopic (exact) mass is 891 g/mol. The molecule has 0 saturated carbocycles. The Morgan fingerprint density at radius 1 is 0.900 bits per heavy atom. The molecular formula is C15H22I4NNaO9. The van der Waals surface area contributed by atoms with Crippen LogP contribution < -0.4 is 10.5 Å². The molecule has 2 aromatic carbocycles. The van der Waals surface area contributed by atoms with Crippen LogP contribution in [0.2, 0.25) is 0 Å². The Morgan fingerprint density at radius 3 is 1.67 bits per heavy atom. The summed E-state index contributed by atoms with van der Waals surface area (Å²) in [6.07, 6.45) is 0.261. The van der Waals surface area contributed by atoms with Gasteiger partial charge in [0.15, 0.2) is 5.75 Å². The van der Waals surface area contributed by atoms with Gasteiger partial charge in [-0.05, 0) is 127 Å². The van der Waals surface area contributed by atoms with Crippen molar-refractivity contribution in [2.75, 3.05) is 0 Å². The zero-order valence-corrected chi connectivity index (χ0v) is 23.0. The molecule has 15 heteroatoms. The van der Waals surface area contributed by atoms with Crippen LogP contribution in [0.5, 0.6) is 17.2 Å². The summed E-state index contributed by atoms with van der Waals surface area (Å²) < 4.78 is 9.14. The van der Waals surface area contributed by atoms with Crippen LogP contribution in [-0.4, -0.2) is 79.2 Å². The third-order valence-electron chi connectivity index (χ3n) is 3.04. The van der Waals surface area contributed by atoms with E-state index in [1.165, 1.54) is 0 Å². The second kappa shape index (κ2) is 18.6. The van der Waals surface area contributed by atoms with Gasteiger partial charge < -0.3 is 48.1 Å². The fourth-order valence-electron chi connectivity index (χ4n) is 1.89. The van der Waals surface area contributed by atoms with E-state index in [-0.39, 0.29) is 69.1 Å². The maximum atomic E-state index is 10.9. The van der Waals surface area contributed by atoms with Crippen molar-refractivity contribution in [2.24, 2.45) is 5.73 Å². The van der Waals surface area contributed by atoms with Crippen molar-refractivity contribution in [1.29, 1.82) is 0 Å². The predicted octanol–water partition coefficient (Wildman–Crippen LogP) is -0.215. The number of benzene rings is 2. The summed E-state index contributed by atoms with van der Waals surface area (Å²) in [5.41, 5.74) is 6.44. The molecule has 30 heavy (non-hydrogen) atoms. The normalized spacial score (nSPS) is 9.63. The average Bonchev–Trinajstić information content (AvgIpc) is 2.48. The average molecular weight is 891 g/mol. The number of hydrogen-bond acceptors (Lipinski definition) is 4. The second-order valence-electron chi connectivity index (χ2n) is 4.88. The molecule has 0 spiro atoms. The van der Waals surface area contributed by atoms with E-state index in [1.807, 2.05) is 12.1 Å². The summed E-state index contributed by atoms with van der Waals surface area (Å²) in [4.78, 5) is 10.9. The third kappa shape index (κ3) is 11.4. The minimum atomic E-state index is -1.02. The number of carbonyl (C=O) groups is 1. The molecule has 0 heterocycles. The van der Waals surface area contributed by atoms with Gasteiger partial charge in [-0.2, -0.15) is 0 Å². The van der Waals surface area contributed by atoms with E-state index >= 15 is 0 Å². The summed E-state index contributed by atoms with van der Waals surface area (Å²) in [7, 11) is 0. The predicted molar refractivity (Wildman–Crippen MR) is 150 cm³/mol. The summed E-state index contributed by atoms with van der Waals surface area (Å²) in [6, 6.07) is 6.34. The van der Waals surface area contributed by atoms with Gasteiger partial charge in [-0.15, -0.1) is 0 Å². The van der Waals surface area contributed by atoms with Gasteiger partial charge in [0.1, 0.15) is 17.5 Å². The number of phenols is 1. The summed E-state index contributed by atoms with van der Waals surface area (Å²) >= 11 is 8.42. The van der Waals surface area contributed by atoms with Crippen LogP contribution in [0.3, 0.4) is 0 Å². The number of rotatable bonds is 5. The zero-order chi connectivity index (χ0) is 18.0. The van der Waals surface area contributed by atoms with Crippen LogP contribution in [-0.2, 0) is 11.2 Å². The van der Waals surface area contributed by atoms with Crippen molar-refractivity contribution in [2.45, 2.75) is 12.5 Å². The molecule has 0 unspecified atom stereocenters. The number of carboxylic acids is 1. The number of phenolic OH excluding ortho intramolecular Hbond substituents is 1. The minimum absolute atomic E-state index is 0. The van der Waals surface area contributed by atoms with Gasteiger partial charge in [0.25, 0.3) is 0 Å². The molecule has 0 aliphatic heterocycles. The van der Waals surface area contributed by atoms with Gasteiger partial charge in [-0.25, -0.2) is 0 Å². The first-order valence-corrected chi connectivity index (χ1v) is 10.8. The second-order valence-corrected chi connectivity index (χ2v) is 9.52. The molecule has 0 saturated heterocycles. The molecule has 0 amide bonds. The Kier molecular flexibility index (Phi) is 25.7. The molecular weight excluding hydrogens is 869 g/mol. The molecule has 0 bridgehead atoms. The van der Waals surface area contributed by atoms with Gasteiger partial charge in [0.05, 0.1) is 14.3 Å². The fourth-order valence-corrected chi connectivity index (χ4v) is 5.72. The molecule has 0 radical (unpaired) electrons. The zero-order valence-electron chi connectivity index (χ0n) is 14.4. The van der Waals surface area contributed by atoms with Crippen LogP contribution in [0, 0.1) is 14.3 Å². The van der Waals surface area contributed by atoms with Crippen molar-refractivity contribution < 1.29 is 47.1 Å². The van der Waals surface area contributed by atoms with Gasteiger partial charge >= 0.3 is 35.5 Å². The standard InChI is InChI=1S/C15H11I4NO4.Na.5H2O.H/c16-8-4-7(5-9(17)13(8)21)24-14-10(18)1-6(2-11(14)19)3-12(20)15(22)23;;;;;;;/h1-2,4-5,12,21H,3,20H2,(H,22,23);;5*1H2;/t12-;;;;;;;/m0......./s1. The molecule has 1 atom stereocenters. The van der Waals surface area contributed by atoms with Crippen molar-refractivity contribution in [3.05, 3.63) is 44.1 Å². The van der Waals surface area contributed by atoms with Gasteiger partial charge in [0.2, 0.25) is 0 Å². The van der Waals surface area contributed by atoms with Crippen LogP contribution in [0.25, 0.3) is 0 Å². The SMILES string of the molecule is N[C@@H](Cc1cc(I)c(Oc2cc(I)c(O)c(I)c2)c(I)c1)C(=O)O.O.O.O.O.O.[NaH]. The van der Waals surface area contributed by atoms with E-state index in [9.17, 15) is 9.90 Å². The molecule has 2 aromatic rings. The fraction of sp³-hybridized carbons (Fsp3) is 0.133. The van der Waals surface area contributed by atoms with E-state index < -0.39 is 12.0 Å². The first-order chi connectivity index (χ1) is 11.2. The summed E-state index contributed by atoms with van der Waals surface area (Å²) in [5.74, 6) is 0.549. The van der Waals surface area contributed by atoms with Crippen LogP contribution in [0.15, 0.2) is 24.3 Å². The van der Waals surface area contributed by atoms with Crippen molar-refractivity contribution in [1.82, 2.24) is 0 Å². The van der Waals surface area contributed by atoms with E-state index in [0.29, 0.717) is 18.6 Å². The topological polar surface area (TPSA) is 250 Å². The van der Waals surface area contributed by atoms with E-state index in [1.54, 1.807) is 12.1 Å². The van der Waals surface area contributed by atoms with Crippen molar-refractivity contribution in [3.63, 3.8) is 0 Å². The summed E-state index contributed by atoms with van der Waals surface area (Å²) in [6.45, 7) is 0. The Balaban J connectivity index is -0.000000347. The third-order valence-corrected chi connectivity index (χ3v) is 6.29. The number of nitrogens with two attached hydrogens (primary N) is 1. The molecule has 170 valence electrons. The quantitative estimate of drug-likeness (QED) is 0.272. The van der Waals surface area contributed by atoms with E-state index in [2.05, 4.69) is 90.4 Å². The van der Waals surface area contributed by atoms with Crippen molar-refractivity contribution >= 4 is 126 Å². The maximum absolute atomic E-state index is 10.9. The van der Waals surface area contributed by atoms with Crippen LogP contribution >= 0.6 is 90.4 Å². The van der Waals surface area contributed by atoms with Crippen LogP contribution in [0.1, 0.15) is 5.56 Å². The number of hydrogen-bond donors (Lipinski definition) is 3. The van der Waals surface area contributed by atoms with Gasteiger partial charge in [0, 0.05) is 0 Å². The molecule has 0 aromatic heterocycles. The first-order valence-electron chi connectivity index (χ1n) is 6.51. The molecule has 10 nitrogen and oxygen atoms in total. The van der Waals surface area contributed by atoms with E-state index in [0.717, 1.165) is 12.7 Å². The van der Waals surface area contributed by atoms with Gasteiger partial charge in [-0.3, -0.25) is 4.79 Å². The Morgan fingerprint density at radius 2 is 1.30 bits per heavy atom. The molecule has 14 N–H and O–H groups in total. The first kappa shape index (κ1) is 41.4. The summed E-state index contributed by atoms with van der Waals surface area (Å²) in [5, 5.41) is 18.8. The van der Waals surface area contributed by atoms with E-state index in [4.69, 9.17) is 15.6 Å². The Labute approximate surface area is 249 Å². The van der Waals surface area contributed by atoms with Crippen molar-refractivity contribution in [3.8, 4) is 17.2 Å². The molecule has 0 aliphatic carbocycles. The molecule has 0 aliphatic rings. The number of carboxylic acid groups (broad SMARTS) is 1. The molecule has 2 rings (SSSR count). The number of ether oxygens (including phenoxy) is 1. The number of aromatic hydroxyl groups is 1. The Hall–Kier alpha value is 1.19. The number of halogens is 4. The Bertz CT molecular complexity index is 768.